The summed E-state index contributed by atoms with van der Waals surface area (Å²) in [6.45, 7) is 0. The molecule has 3 rings (SSSR count). The number of rotatable bonds is 4. The SMILES string of the molecule is COc1ccc2nc(NC(=O)/C=C/c3ccc(Cl)c(Cl)c3)sc2c1. The van der Waals surface area contributed by atoms with Crippen molar-refractivity contribution in [2.45, 2.75) is 0 Å². The number of thiazole rings is 1. The molecule has 24 heavy (non-hydrogen) atoms. The molecule has 1 N–H and O–H groups in total. The van der Waals surface area contributed by atoms with E-state index in [1.807, 2.05) is 18.2 Å². The molecule has 0 radical (unpaired) electrons. The van der Waals surface area contributed by atoms with E-state index in [1.54, 1.807) is 31.4 Å². The monoisotopic (exact) mass is 378 g/mol. The summed E-state index contributed by atoms with van der Waals surface area (Å²) in [6, 6.07) is 10.7. The van der Waals surface area contributed by atoms with Gasteiger partial charge in [0.1, 0.15) is 5.75 Å². The number of hydrogen-bond donors (Lipinski definition) is 1. The van der Waals surface area contributed by atoms with Crippen molar-refractivity contribution in [2.75, 3.05) is 12.4 Å². The third-order valence-corrected chi connectivity index (χ3v) is 4.87. The van der Waals surface area contributed by atoms with Crippen molar-refractivity contribution in [1.29, 1.82) is 0 Å². The Kier molecular flexibility index (Phi) is 5.04. The second-order valence-corrected chi connectivity index (χ2v) is 6.69. The van der Waals surface area contributed by atoms with Crippen LogP contribution in [0.2, 0.25) is 10.0 Å². The Bertz CT molecular complexity index is 937. The number of aromatic nitrogens is 1. The molecule has 0 bridgehead atoms. The molecule has 0 spiro atoms. The maximum atomic E-state index is 12.0. The zero-order valence-corrected chi connectivity index (χ0v) is 14.9. The number of anilines is 1. The van der Waals surface area contributed by atoms with E-state index in [1.165, 1.54) is 17.4 Å². The fourth-order valence-electron chi connectivity index (χ4n) is 2.02. The first kappa shape index (κ1) is 16.8. The summed E-state index contributed by atoms with van der Waals surface area (Å²) in [7, 11) is 1.61. The van der Waals surface area contributed by atoms with E-state index in [4.69, 9.17) is 27.9 Å². The number of benzene rings is 2. The van der Waals surface area contributed by atoms with Crippen molar-refractivity contribution in [3.05, 3.63) is 58.1 Å². The molecular formula is C17H12Cl2N2O2S. The Hall–Kier alpha value is -2.08. The van der Waals surface area contributed by atoms with Gasteiger partial charge in [0.2, 0.25) is 5.91 Å². The van der Waals surface area contributed by atoms with Crippen LogP contribution in [0.1, 0.15) is 5.56 Å². The van der Waals surface area contributed by atoms with Gasteiger partial charge in [0.05, 0.1) is 27.4 Å². The van der Waals surface area contributed by atoms with E-state index in [2.05, 4.69) is 10.3 Å². The Morgan fingerprint density at radius 1 is 1.21 bits per heavy atom. The van der Waals surface area contributed by atoms with Crippen LogP contribution in [-0.4, -0.2) is 18.0 Å². The zero-order valence-electron chi connectivity index (χ0n) is 12.5. The number of ether oxygens (including phenoxy) is 1. The summed E-state index contributed by atoms with van der Waals surface area (Å²) < 4.78 is 6.12. The van der Waals surface area contributed by atoms with Crippen LogP contribution in [-0.2, 0) is 4.79 Å². The van der Waals surface area contributed by atoms with Crippen LogP contribution in [0, 0.1) is 0 Å². The highest BCUT2D eigenvalue weighted by Crippen LogP contribution is 2.29. The molecule has 4 nitrogen and oxygen atoms in total. The van der Waals surface area contributed by atoms with E-state index < -0.39 is 0 Å². The molecule has 0 fully saturated rings. The molecule has 0 unspecified atom stereocenters. The molecule has 3 aromatic rings. The highest BCUT2D eigenvalue weighted by Gasteiger charge is 2.07. The molecule has 1 heterocycles. The quantitative estimate of drug-likeness (QED) is 0.629. The van der Waals surface area contributed by atoms with Crippen LogP contribution in [0.25, 0.3) is 16.3 Å². The number of halogens is 2. The van der Waals surface area contributed by atoms with Gasteiger partial charge in [-0.2, -0.15) is 0 Å². The number of amides is 1. The maximum Gasteiger partial charge on any atom is 0.250 e. The lowest BCUT2D eigenvalue weighted by molar-refractivity contribution is -0.111. The van der Waals surface area contributed by atoms with Gasteiger partial charge in [-0.05, 0) is 42.0 Å². The number of hydrogen-bond acceptors (Lipinski definition) is 4. The molecule has 0 aliphatic rings. The first-order valence-corrected chi connectivity index (χ1v) is 8.51. The number of carbonyl (C=O) groups is 1. The molecule has 0 aliphatic carbocycles. The van der Waals surface area contributed by atoms with E-state index >= 15 is 0 Å². The molecular weight excluding hydrogens is 367 g/mol. The first-order valence-electron chi connectivity index (χ1n) is 6.94. The predicted molar refractivity (Wildman–Crippen MR) is 100 cm³/mol. The molecule has 7 heteroatoms. The summed E-state index contributed by atoms with van der Waals surface area (Å²) in [6.07, 6.45) is 3.08. The topological polar surface area (TPSA) is 51.2 Å². The predicted octanol–water partition coefficient (Wildman–Crippen LogP) is 5.26. The van der Waals surface area contributed by atoms with Gasteiger partial charge < -0.3 is 4.74 Å². The average molecular weight is 379 g/mol. The Balaban J connectivity index is 1.72. The molecule has 1 aromatic heterocycles. The standard InChI is InChI=1S/C17H12Cl2N2O2S/c1-23-11-4-6-14-15(9-11)24-17(20-14)21-16(22)7-3-10-2-5-12(18)13(19)8-10/h2-9H,1H3,(H,20,21,22)/b7-3+. The van der Waals surface area contributed by atoms with Gasteiger partial charge >= 0.3 is 0 Å². The van der Waals surface area contributed by atoms with Crippen LogP contribution in [0.4, 0.5) is 5.13 Å². The summed E-state index contributed by atoms with van der Waals surface area (Å²) in [5, 5.41) is 4.20. The molecule has 0 aliphatic heterocycles. The lowest BCUT2D eigenvalue weighted by Crippen LogP contribution is -2.07. The minimum atomic E-state index is -0.271. The second-order valence-electron chi connectivity index (χ2n) is 4.85. The number of methoxy groups -OCH3 is 1. The van der Waals surface area contributed by atoms with E-state index in [0.29, 0.717) is 15.2 Å². The van der Waals surface area contributed by atoms with E-state index in [9.17, 15) is 4.79 Å². The molecule has 1 amide bonds. The summed E-state index contributed by atoms with van der Waals surface area (Å²) in [5.41, 5.74) is 1.60. The normalized spacial score (nSPS) is 11.1. The Labute approximate surface area is 152 Å². The largest absolute Gasteiger partial charge is 0.497 e. The highest BCUT2D eigenvalue weighted by molar-refractivity contribution is 7.22. The lowest BCUT2D eigenvalue weighted by Gasteiger charge is -1.98. The van der Waals surface area contributed by atoms with Crippen molar-refractivity contribution >= 4 is 61.9 Å². The van der Waals surface area contributed by atoms with Crippen molar-refractivity contribution in [3.8, 4) is 5.75 Å². The van der Waals surface area contributed by atoms with Gasteiger partial charge in [0.25, 0.3) is 0 Å². The highest BCUT2D eigenvalue weighted by atomic mass is 35.5. The molecule has 0 saturated heterocycles. The lowest BCUT2D eigenvalue weighted by atomic mass is 10.2. The number of nitrogens with one attached hydrogen (secondary N) is 1. The third-order valence-electron chi connectivity index (χ3n) is 3.20. The average Bonchev–Trinajstić information content (AvgIpc) is 2.97. The van der Waals surface area contributed by atoms with Crippen LogP contribution in [0.3, 0.4) is 0 Å². The van der Waals surface area contributed by atoms with Gasteiger partial charge in [-0.1, -0.05) is 40.6 Å². The molecule has 0 saturated carbocycles. The molecule has 122 valence electrons. The van der Waals surface area contributed by atoms with Crippen LogP contribution < -0.4 is 10.1 Å². The summed E-state index contributed by atoms with van der Waals surface area (Å²) in [5.74, 6) is 0.482. The minimum absolute atomic E-state index is 0.271. The minimum Gasteiger partial charge on any atom is -0.497 e. The molecule has 2 aromatic carbocycles. The Morgan fingerprint density at radius 2 is 2.04 bits per heavy atom. The smallest absolute Gasteiger partial charge is 0.250 e. The number of nitrogens with zero attached hydrogens (tertiary/aromatic N) is 1. The van der Waals surface area contributed by atoms with Gasteiger partial charge in [-0.15, -0.1) is 0 Å². The van der Waals surface area contributed by atoms with Crippen LogP contribution >= 0.6 is 34.5 Å². The fraction of sp³-hybridized carbons (Fsp3) is 0.0588. The van der Waals surface area contributed by atoms with Gasteiger partial charge in [0.15, 0.2) is 5.13 Å². The van der Waals surface area contributed by atoms with Crippen LogP contribution in [0.15, 0.2) is 42.5 Å². The zero-order chi connectivity index (χ0) is 17.1. The van der Waals surface area contributed by atoms with Gasteiger partial charge in [-0.3, -0.25) is 10.1 Å². The second kappa shape index (κ2) is 7.21. The van der Waals surface area contributed by atoms with Crippen LogP contribution in [0.5, 0.6) is 5.75 Å². The van der Waals surface area contributed by atoms with Crippen molar-refractivity contribution in [1.82, 2.24) is 4.98 Å². The fourth-order valence-corrected chi connectivity index (χ4v) is 3.22. The molecule has 0 atom stereocenters. The van der Waals surface area contributed by atoms with Gasteiger partial charge in [0, 0.05) is 6.08 Å². The van der Waals surface area contributed by atoms with Crippen molar-refractivity contribution < 1.29 is 9.53 Å². The van der Waals surface area contributed by atoms with Crippen molar-refractivity contribution in [2.24, 2.45) is 0 Å². The summed E-state index contributed by atoms with van der Waals surface area (Å²) in [4.78, 5) is 16.4. The van der Waals surface area contributed by atoms with E-state index in [0.717, 1.165) is 21.5 Å². The maximum absolute atomic E-state index is 12.0. The Morgan fingerprint density at radius 3 is 2.79 bits per heavy atom. The third kappa shape index (κ3) is 3.87. The number of carbonyl (C=O) groups excluding carboxylic acids is 1. The van der Waals surface area contributed by atoms with Gasteiger partial charge in [-0.25, -0.2) is 4.98 Å². The first-order chi connectivity index (χ1) is 11.5. The summed E-state index contributed by atoms with van der Waals surface area (Å²) >= 11 is 13.2. The van der Waals surface area contributed by atoms with Crippen molar-refractivity contribution in [3.63, 3.8) is 0 Å². The van der Waals surface area contributed by atoms with E-state index in [-0.39, 0.29) is 5.91 Å². The number of fused-ring (bicyclic) bond motifs is 1.